The zero-order valence-corrected chi connectivity index (χ0v) is 16.7. The summed E-state index contributed by atoms with van der Waals surface area (Å²) < 4.78 is 5.13. The molecule has 0 saturated heterocycles. The van der Waals surface area contributed by atoms with E-state index in [9.17, 15) is 9.59 Å². The summed E-state index contributed by atoms with van der Waals surface area (Å²) in [5, 5.41) is 8.39. The number of hydrogen-bond acceptors (Lipinski definition) is 4. The molecule has 0 fully saturated rings. The molecular formula is C23H24N4O3. The SMILES string of the molecule is COc1ccc(CNC(=O)NC(Cc2ccccc2)C(=O)Nc2ccncc2)cc1. The van der Waals surface area contributed by atoms with Crippen molar-refractivity contribution in [3.63, 3.8) is 0 Å². The third-order valence-corrected chi connectivity index (χ3v) is 4.46. The highest BCUT2D eigenvalue weighted by Gasteiger charge is 2.21. The Morgan fingerprint density at radius 2 is 1.63 bits per heavy atom. The van der Waals surface area contributed by atoms with Gasteiger partial charge in [0.25, 0.3) is 0 Å². The van der Waals surface area contributed by atoms with Crippen molar-refractivity contribution in [3.05, 3.63) is 90.3 Å². The molecule has 3 aromatic rings. The number of benzene rings is 2. The van der Waals surface area contributed by atoms with Gasteiger partial charge in [0.1, 0.15) is 11.8 Å². The van der Waals surface area contributed by atoms with Crippen LogP contribution in [0.1, 0.15) is 11.1 Å². The minimum Gasteiger partial charge on any atom is -0.497 e. The molecule has 1 unspecified atom stereocenters. The molecule has 0 aliphatic heterocycles. The number of urea groups is 1. The van der Waals surface area contributed by atoms with E-state index in [0.717, 1.165) is 16.9 Å². The van der Waals surface area contributed by atoms with Crippen LogP contribution in [0.2, 0.25) is 0 Å². The number of ether oxygens (including phenoxy) is 1. The number of pyridine rings is 1. The Morgan fingerprint density at radius 1 is 0.933 bits per heavy atom. The van der Waals surface area contributed by atoms with Crippen LogP contribution in [-0.2, 0) is 17.8 Å². The Balaban J connectivity index is 1.62. The lowest BCUT2D eigenvalue weighted by Crippen LogP contribution is -2.49. The van der Waals surface area contributed by atoms with Gasteiger partial charge in [-0.15, -0.1) is 0 Å². The van der Waals surface area contributed by atoms with Crippen LogP contribution >= 0.6 is 0 Å². The summed E-state index contributed by atoms with van der Waals surface area (Å²) in [7, 11) is 1.60. The number of carbonyl (C=O) groups excluding carboxylic acids is 2. The fraction of sp³-hybridized carbons (Fsp3) is 0.174. The molecule has 3 N–H and O–H groups in total. The van der Waals surface area contributed by atoms with Crippen molar-refractivity contribution in [3.8, 4) is 5.75 Å². The van der Waals surface area contributed by atoms with Gasteiger partial charge in [-0.2, -0.15) is 0 Å². The average Bonchev–Trinajstić information content (AvgIpc) is 2.79. The van der Waals surface area contributed by atoms with E-state index in [-0.39, 0.29) is 5.91 Å². The van der Waals surface area contributed by atoms with E-state index >= 15 is 0 Å². The zero-order chi connectivity index (χ0) is 21.2. The molecule has 0 saturated carbocycles. The Kier molecular flexibility index (Phi) is 7.38. The molecule has 30 heavy (non-hydrogen) atoms. The van der Waals surface area contributed by atoms with Gasteiger partial charge in [-0.05, 0) is 35.4 Å². The quantitative estimate of drug-likeness (QED) is 0.538. The van der Waals surface area contributed by atoms with Crippen LogP contribution in [0.25, 0.3) is 0 Å². The molecule has 0 aliphatic carbocycles. The number of aromatic nitrogens is 1. The summed E-state index contributed by atoms with van der Waals surface area (Å²) >= 11 is 0. The molecule has 0 spiro atoms. The number of rotatable bonds is 8. The van der Waals surface area contributed by atoms with Gasteiger partial charge in [0.2, 0.25) is 5.91 Å². The van der Waals surface area contributed by atoms with Crippen molar-refractivity contribution in [1.29, 1.82) is 0 Å². The van der Waals surface area contributed by atoms with E-state index in [0.29, 0.717) is 18.7 Å². The summed E-state index contributed by atoms with van der Waals surface area (Å²) in [4.78, 5) is 29.2. The average molecular weight is 404 g/mol. The van der Waals surface area contributed by atoms with Gasteiger partial charge < -0.3 is 20.7 Å². The second-order valence-electron chi connectivity index (χ2n) is 6.64. The van der Waals surface area contributed by atoms with Crippen molar-refractivity contribution >= 4 is 17.6 Å². The molecule has 7 heteroatoms. The minimum atomic E-state index is -0.739. The van der Waals surface area contributed by atoms with Crippen molar-refractivity contribution < 1.29 is 14.3 Å². The first-order chi connectivity index (χ1) is 14.6. The topological polar surface area (TPSA) is 92.4 Å². The highest BCUT2D eigenvalue weighted by molar-refractivity contribution is 5.97. The van der Waals surface area contributed by atoms with Crippen LogP contribution in [0.5, 0.6) is 5.75 Å². The van der Waals surface area contributed by atoms with Gasteiger partial charge in [-0.3, -0.25) is 9.78 Å². The number of nitrogens with one attached hydrogen (secondary N) is 3. The third kappa shape index (κ3) is 6.34. The number of anilines is 1. The zero-order valence-electron chi connectivity index (χ0n) is 16.7. The minimum absolute atomic E-state index is 0.301. The number of carbonyl (C=O) groups is 2. The Hall–Kier alpha value is -3.87. The molecule has 0 bridgehead atoms. The second-order valence-corrected chi connectivity index (χ2v) is 6.64. The number of hydrogen-bond donors (Lipinski definition) is 3. The molecule has 1 aromatic heterocycles. The highest BCUT2D eigenvalue weighted by atomic mass is 16.5. The first kappa shape index (κ1) is 20.9. The van der Waals surface area contributed by atoms with Crippen LogP contribution in [0, 0.1) is 0 Å². The first-order valence-corrected chi connectivity index (χ1v) is 9.56. The molecule has 2 aromatic carbocycles. The number of amides is 3. The summed E-state index contributed by atoms with van der Waals surface area (Å²) in [6.07, 6.45) is 3.56. The lowest BCUT2D eigenvalue weighted by atomic mass is 10.1. The summed E-state index contributed by atoms with van der Waals surface area (Å²) in [6, 6.07) is 19.2. The molecule has 3 rings (SSSR count). The van der Waals surface area contributed by atoms with E-state index in [2.05, 4.69) is 20.9 Å². The maximum absolute atomic E-state index is 12.8. The third-order valence-electron chi connectivity index (χ3n) is 4.46. The molecule has 7 nitrogen and oxygen atoms in total. The first-order valence-electron chi connectivity index (χ1n) is 9.56. The van der Waals surface area contributed by atoms with Crippen molar-refractivity contribution in [2.24, 2.45) is 0 Å². The highest BCUT2D eigenvalue weighted by Crippen LogP contribution is 2.11. The molecule has 0 aliphatic rings. The maximum Gasteiger partial charge on any atom is 0.315 e. The fourth-order valence-electron chi connectivity index (χ4n) is 2.86. The standard InChI is InChI=1S/C23H24N4O3/c1-30-20-9-7-18(8-10-20)16-25-23(29)27-21(15-17-5-3-2-4-6-17)22(28)26-19-11-13-24-14-12-19/h2-14,21H,15-16H2,1H3,(H,24,26,28)(H2,25,27,29). The molecule has 1 heterocycles. The van der Waals surface area contributed by atoms with Gasteiger partial charge in [0.15, 0.2) is 0 Å². The van der Waals surface area contributed by atoms with Gasteiger partial charge in [-0.25, -0.2) is 4.79 Å². The van der Waals surface area contributed by atoms with E-state index in [1.807, 2.05) is 54.6 Å². The van der Waals surface area contributed by atoms with Crippen LogP contribution in [0.4, 0.5) is 10.5 Å². The lowest BCUT2D eigenvalue weighted by Gasteiger charge is -2.19. The van der Waals surface area contributed by atoms with Crippen LogP contribution in [0.15, 0.2) is 79.1 Å². The summed E-state index contributed by atoms with van der Waals surface area (Å²) in [5.74, 6) is 0.448. The Bertz CT molecular complexity index is 947. The molecule has 0 radical (unpaired) electrons. The van der Waals surface area contributed by atoms with Gasteiger partial charge in [0.05, 0.1) is 7.11 Å². The van der Waals surface area contributed by atoms with Gasteiger partial charge in [-0.1, -0.05) is 42.5 Å². The molecule has 3 amide bonds. The molecule has 154 valence electrons. The van der Waals surface area contributed by atoms with Crippen LogP contribution in [-0.4, -0.2) is 30.1 Å². The Labute approximate surface area is 175 Å². The van der Waals surface area contributed by atoms with Crippen molar-refractivity contribution in [2.45, 2.75) is 19.0 Å². The lowest BCUT2D eigenvalue weighted by molar-refractivity contribution is -0.117. The Morgan fingerprint density at radius 3 is 2.30 bits per heavy atom. The maximum atomic E-state index is 12.8. The van der Waals surface area contributed by atoms with E-state index in [4.69, 9.17) is 4.74 Å². The van der Waals surface area contributed by atoms with Gasteiger partial charge in [0, 0.05) is 31.0 Å². The van der Waals surface area contributed by atoms with E-state index in [1.54, 1.807) is 31.6 Å². The largest absolute Gasteiger partial charge is 0.497 e. The number of methoxy groups -OCH3 is 1. The fourth-order valence-corrected chi connectivity index (χ4v) is 2.86. The van der Waals surface area contributed by atoms with Gasteiger partial charge >= 0.3 is 6.03 Å². The van der Waals surface area contributed by atoms with Crippen LogP contribution < -0.4 is 20.7 Å². The van der Waals surface area contributed by atoms with Crippen molar-refractivity contribution in [2.75, 3.05) is 12.4 Å². The summed E-state index contributed by atoms with van der Waals surface area (Å²) in [5.41, 5.74) is 2.49. The summed E-state index contributed by atoms with van der Waals surface area (Å²) in [6.45, 7) is 0.333. The number of nitrogens with zero attached hydrogens (tertiary/aromatic N) is 1. The normalized spacial score (nSPS) is 11.2. The molecule has 1 atom stereocenters. The predicted molar refractivity (Wildman–Crippen MR) is 115 cm³/mol. The van der Waals surface area contributed by atoms with E-state index in [1.165, 1.54) is 0 Å². The smallest absolute Gasteiger partial charge is 0.315 e. The monoisotopic (exact) mass is 404 g/mol. The van der Waals surface area contributed by atoms with Crippen molar-refractivity contribution in [1.82, 2.24) is 15.6 Å². The predicted octanol–water partition coefficient (Wildman–Crippen LogP) is 3.14. The molecular weight excluding hydrogens is 380 g/mol. The second kappa shape index (κ2) is 10.6. The van der Waals surface area contributed by atoms with E-state index < -0.39 is 12.1 Å². The van der Waals surface area contributed by atoms with Crippen LogP contribution in [0.3, 0.4) is 0 Å².